The van der Waals surface area contributed by atoms with E-state index in [1.807, 2.05) is 0 Å². The number of hydrogen-bond acceptors (Lipinski definition) is 4. The molecule has 13 heteroatoms. The highest BCUT2D eigenvalue weighted by atomic mass is 19.4. The maximum atomic E-state index is 14.5. The number of carboxylic acid groups (broad SMARTS) is 1. The minimum Gasteiger partial charge on any atom is -0.463 e. The summed E-state index contributed by atoms with van der Waals surface area (Å²) in [6.07, 6.45) is -6.89. The van der Waals surface area contributed by atoms with E-state index in [-0.39, 0.29) is 17.9 Å². The van der Waals surface area contributed by atoms with Gasteiger partial charge in [0.25, 0.3) is 0 Å². The second kappa shape index (κ2) is 8.22. The Kier molecular flexibility index (Phi) is 5.92. The van der Waals surface area contributed by atoms with Crippen molar-refractivity contribution >= 4 is 35.0 Å². The van der Waals surface area contributed by atoms with Crippen molar-refractivity contribution in [2.75, 3.05) is 18.1 Å². The maximum Gasteiger partial charge on any atom is 0.434 e. The molecule has 3 rings (SSSR count). The number of nitrogens with two attached hydrogens (primary N) is 1. The number of halogens is 5. The number of nitrogens with one attached hydrogen (secondary N) is 2. The van der Waals surface area contributed by atoms with E-state index in [2.05, 4.69) is 15.6 Å². The van der Waals surface area contributed by atoms with Crippen LogP contribution in [0.3, 0.4) is 0 Å². The van der Waals surface area contributed by atoms with Crippen molar-refractivity contribution in [1.82, 2.24) is 10.2 Å². The summed E-state index contributed by atoms with van der Waals surface area (Å²) in [6, 6.07) is 4.77. The molecule has 2 aromatic carbocycles. The van der Waals surface area contributed by atoms with Crippen LogP contribution in [-0.2, 0) is 16.5 Å². The first-order valence-corrected chi connectivity index (χ1v) is 9.31. The predicted octanol–water partition coefficient (Wildman–Crippen LogP) is 4.01. The number of nitrogen functional groups attached to an aromatic ring is 1. The number of carbonyl (C=O) groups excluding carboxylic acids is 1. The lowest BCUT2D eigenvalue weighted by Crippen LogP contribution is -2.58. The molecular formula is C20H18F5N5O3. The van der Waals surface area contributed by atoms with Gasteiger partial charge in [0.1, 0.15) is 17.2 Å². The van der Waals surface area contributed by atoms with E-state index >= 15 is 0 Å². The number of hydrogen-bond donors (Lipinski definition) is 4. The monoisotopic (exact) mass is 471 g/mol. The van der Waals surface area contributed by atoms with Crippen molar-refractivity contribution in [2.45, 2.75) is 25.1 Å². The van der Waals surface area contributed by atoms with Crippen LogP contribution >= 0.6 is 0 Å². The third-order valence-corrected chi connectivity index (χ3v) is 5.12. The van der Waals surface area contributed by atoms with Gasteiger partial charge in [-0.25, -0.2) is 13.6 Å². The van der Waals surface area contributed by atoms with E-state index < -0.39 is 58.0 Å². The number of guanidine groups is 1. The summed E-state index contributed by atoms with van der Waals surface area (Å²) < 4.78 is 68.7. The van der Waals surface area contributed by atoms with Gasteiger partial charge in [0.05, 0.1) is 29.0 Å². The SMILES string of the molecule is CN1C(=O)C[C@@](C)(c2ccc(F)c(Nc3c(N)ccc(F)c3C(F)(F)F)c2)N/C1=N\C(=O)O. The second-order valence-corrected chi connectivity index (χ2v) is 7.51. The molecule has 0 saturated carbocycles. The second-order valence-electron chi connectivity index (χ2n) is 7.51. The summed E-state index contributed by atoms with van der Waals surface area (Å²) >= 11 is 0. The van der Waals surface area contributed by atoms with E-state index in [1.165, 1.54) is 20.0 Å². The molecule has 5 N–H and O–H groups in total. The van der Waals surface area contributed by atoms with Crippen molar-refractivity contribution in [1.29, 1.82) is 0 Å². The summed E-state index contributed by atoms with van der Waals surface area (Å²) in [5, 5.41) is 13.9. The normalized spacial score (nSPS) is 20.0. The van der Waals surface area contributed by atoms with Crippen LogP contribution in [0, 0.1) is 11.6 Å². The fourth-order valence-electron chi connectivity index (χ4n) is 3.39. The van der Waals surface area contributed by atoms with Crippen LogP contribution in [0.5, 0.6) is 0 Å². The predicted molar refractivity (Wildman–Crippen MR) is 109 cm³/mol. The van der Waals surface area contributed by atoms with E-state index in [9.17, 15) is 31.5 Å². The molecule has 2 amide bonds. The Morgan fingerprint density at radius 3 is 2.48 bits per heavy atom. The number of rotatable bonds is 3. The summed E-state index contributed by atoms with van der Waals surface area (Å²) in [6.45, 7) is 1.50. The van der Waals surface area contributed by atoms with Crippen LogP contribution in [0.15, 0.2) is 35.3 Å². The zero-order valence-corrected chi connectivity index (χ0v) is 17.2. The number of carbonyl (C=O) groups is 2. The molecule has 1 heterocycles. The molecule has 0 bridgehead atoms. The lowest BCUT2D eigenvalue weighted by atomic mass is 9.86. The highest BCUT2D eigenvalue weighted by Crippen LogP contribution is 2.42. The third-order valence-electron chi connectivity index (χ3n) is 5.12. The number of anilines is 3. The summed E-state index contributed by atoms with van der Waals surface area (Å²) in [4.78, 5) is 27.7. The minimum absolute atomic E-state index is 0.205. The van der Waals surface area contributed by atoms with Crippen LogP contribution in [0.1, 0.15) is 24.5 Å². The Hall–Kier alpha value is -3.90. The highest BCUT2D eigenvalue weighted by molar-refractivity contribution is 6.03. The molecule has 1 saturated heterocycles. The molecule has 0 spiro atoms. The van der Waals surface area contributed by atoms with E-state index in [0.717, 1.165) is 23.1 Å². The van der Waals surface area contributed by atoms with Gasteiger partial charge in [-0.2, -0.15) is 13.2 Å². The Morgan fingerprint density at radius 1 is 1.24 bits per heavy atom. The van der Waals surface area contributed by atoms with Crippen molar-refractivity contribution in [2.24, 2.45) is 4.99 Å². The zero-order valence-electron chi connectivity index (χ0n) is 17.2. The van der Waals surface area contributed by atoms with Gasteiger partial charge in [0, 0.05) is 7.05 Å². The molecule has 33 heavy (non-hydrogen) atoms. The van der Waals surface area contributed by atoms with Gasteiger partial charge in [-0.3, -0.25) is 9.69 Å². The lowest BCUT2D eigenvalue weighted by molar-refractivity contribution is -0.139. The molecule has 0 aromatic heterocycles. The lowest BCUT2D eigenvalue weighted by Gasteiger charge is -2.40. The Balaban J connectivity index is 2.07. The maximum absolute atomic E-state index is 14.5. The van der Waals surface area contributed by atoms with Gasteiger partial charge in [-0.05, 0) is 36.8 Å². The smallest absolute Gasteiger partial charge is 0.434 e. The summed E-state index contributed by atoms with van der Waals surface area (Å²) in [7, 11) is 1.31. The molecule has 176 valence electrons. The molecule has 0 unspecified atom stereocenters. The molecule has 2 aromatic rings. The topological polar surface area (TPSA) is 120 Å². The number of alkyl halides is 3. The highest BCUT2D eigenvalue weighted by Gasteiger charge is 2.40. The van der Waals surface area contributed by atoms with Crippen molar-refractivity contribution in [3.05, 3.63) is 53.1 Å². The molecule has 1 fully saturated rings. The van der Waals surface area contributed by atoms with Gasteiger partial charge in [-0.1, -0.05) is 6.07 Å². The van der Waals surface area contributed by atoms with Gasteiger partial charge in [0.15, 0.2) is 0 Å². The number of amides is 2. The Labute approximate surface area is 183 Å². The van der Waals surface area contributed by atoms with Crippen LogP contribution in [0.2, 0.25) is 0 Å². The number of benzene rings is 2. The van der Waals surface area contributed by atoms with Crippen LogP contribution in [0.4, 0.5) is 43.8 Å². The van der Waals surface area contributed by atoms with Crippen LogP contribution < -0.4 is 16.4 Å². The first-order chi connectivity index (χ1) is 15.2. The summed E-state index contributed by atoms with van der Waals surface area (Å²) in [5.74, 6) is -3.37. The zero-order chi connectivity index (χ0) is 24.7. The van der Waals surface area contributed by atoms with E-state index in [4.69, 9.17) is 10.8 Å². The van der Waals surface area contributed by atoms with E-state index in [1.54, 1.807) is 0 Å². The van der Waals surface area contributed by atoms with Crippen molar-refractivity contribution in [3.8, 4) is 0 Å². The van der Waals surface area contributed by atoms with Crippen LogP contribution in [-0.4, -0.2) is 35.0 Å². The van der Waals surface area contributed by atoms with E-state index in [0.29, 0.717) is 6.07 Å². The fraction of sp³-hybridized carbons (Fsp3) is 0.250. The summed E-state index contributed by atoms with van der Waals surface area (Å²) in [5.41, 5.74) is 1.03. The largest absolute Gasteiger partial charge is 0.463 e. The molecule has 8 nitrogen and oxygen atoms in total. The van der Waals surface area contributed by atoms with Gasteiger partial charge in [0.2, 0.25) is 11.9 Å². The van der Waals surface area contributed by atoms with Gasteiger partial charge in [-0.15, -0.1) is 4.99 Å². The molecule has 0 aliphatic carbocycles. The molecule has 1 aliphatic rings. The fourth-order valence-corrected chi connectivity index (χ4v) is 3.39. The number of nitrogens with zero attached hydrogens (tertiary/aromatic N) is 2. The van der Waals surface area contributed by atoms with Gasteiger partial charge >= 0.3 is 12.3 Å². The molecule has 1 aliphatic heterocycles. The molecular weight excluding hydrogens is 453 g/mol. The standard InChI is InChI=1S/C20H18F5N5O3/c1-19(8-14(31)30(2)17(29-19)28-18(32)33)9-3-4-10(21)13(7-9)27-16-12(26)6-5-11(22)15(16)20(23,24)25/h3-7,27H,8,26H2,1-2H3,(H,28,29)(H,32,33)/t19-/m0/s1. The quantitative estimate of drug-likeness (QED) is 0.397. The Bertz CT molecular complexity index is 1170. The van der Waals surface area contributed by atoms with Crippen LogP contribution in [0.25, 0.3) is 0 Å². The third kappa shape index (κ3) is 4.66. The minimum atomic E-state index is -5.12. The molecule has 1 atom stereocenters. The number of aliphatic imine (C=N–C) groups is 1. The average molecular weight is 471 g/mol. The Morgan fingerprint density at radius 2 is 1.88 bits per heavy atom. The first kappa shape index (κ1) is 23.8. The molecule has 0 radical (unpaired) electrons. The average Bonchev–Trinajstić information content (AvgIpc) is 2.68. The van der Waals surface area contributed by atoms with Gasteiger partial charge < -0.3 is 21.5 Å². The first-order valence-electron chi connectivity index (χ1n) is 9.31. The van der Waals surface area contributed by atoms with Crippen molar-refractivity contribution in [3.63, 3.8) is 0 Å². The van der Waals surface area contributed by atoms with Crippen molar-refractivity contribution < 1.29 is 36.6 Å².